The maximum absolute atomic E-state index is 13.1. The van der Waals surface area contributed by atoms with E-state index in [0.717, 1.165) is 4.90 Å². The number of halogens is 6. The Morgan fingerprint density at radius 3 is 2.10 bits per heavy atom. The Balaban J connectivity index is 2.40. The molecule has 0 aliphatic heterocycles. The van der Waals surface area contributed by atoms with Gasteiger partial charge in [-0.1, -0.05) is 12.1 Å². The molecule has 1 unspecified atom stereocenters. The number of hydrogen-bond donors (Lipinski definition) is 1. The van der Waals surface area contributed by atoms with E-state index >= 15 is 0 Å². The minimum atomic E-state index is -5.10. The zero-order valence-electron chi connectivity index (χ0n) is 15.8. The van der Waals surface area contributed by atoms with E-state index in [4.69, 9.17) is 0 Å². The van der Waals surface area contributed by atoms with Crippen LogP contribution in [0.3, 0.4) is 0 Å². The molecule has 0 aliphatic rings. The van der Waals surface area contributed by atoms with Crippen LogP contribution in [0.1, 0.15) is 41.8 Å². The van der Waals surface area contributed by atoms with Gasteiger partial charge in [-0.3, -0.25) is 9.59 Å². The first-order chi connectivity index (χ1) is 13.8. The van der Waals surface area contributed by atoms with E-state index < -0.39 is 53.4 Å². The van der Waals surface area contributed by atoms with Crippen molar-refractivity contribution < 1.29 is 40.5 Å². The normalized spacial score (nSPS) is 13.1. The molecule has 0 bridgehead atoms. The molecular weight excluding hydrogens is 420 g/mol. The third kappa shape index (κ3) is 5.74. The Morgan fingerprint density at radius 1 is 1.10 bits per heavy atom. The van der Waals surface area contributed by atoms with Crippen LogP contribution in [0, 0.1) is 0 Å². The number of amides is 2. The Hall–Kier alpha value is -3.05. The van der Waals surface area contributed by atoms with E-state index in [2.05, 4.69) is 15.0 Å². The Kier molecular flexibility index (Phi) is 6.78. The van der Waals surface area contributed by atoms with Crippen molar-refractivity contribution in [3.63, 3.8) is 0 Å². The molecule has 0 saturated heterocycles. The fourth-order valence-corrected chi connectivity index (χ4v) is 2.51. The number of carbonyl (C=O) groups is 2. The summed E-state index contributed by atoms with van der Waals surface area (Å²) in [7, 11) is 0. The predicted octanol–water partition coefficient (Wildman–Crippen LogP) is 4.59. The SMILES string of the molecule is CCC(C)N(CC(=O)Nc1ccon1)C(=O)c1cc(C(F)(F)F)cc(C(F)(F)F)c1. The first-order valence-electron chi connectivity index (χ1n) is 8.63. The average Bonchev–Trinajstić information content (AvgIpc) is 3.16. The summed E-state index contributed by atoms with van der Waals surface area (Å²) < 4.78 is 83.0. The first kappa shape index (κ1) is 23.2. The standard InChI is InChI=1S/C18H17F6N3O3/c1-3-10(2)27(9-15(28)25-14-4-5-30-26-14)16(29)11-6-12(17(19,20)21)8-13(7-11)18(22,23)24/h4-8,10H,3,9H2,1-2H3,(H,25,26,28). The van der Waals surface area contributed by atoms with Crippen LogP contribution >= 0.6 is 0 Å². The van der Waals surface area contributed by atoms with Crippen molar-refractivity contribution in [1.29, 1.82) is 0 Å². The fraction of sp³-hybridized carbons (Fsp3) is 0.389. The summed E-state index contributed by atoms with van der Waals surface area (Å²) in [6.07, 6.45) is -8.72. The molecule has 2 aromatic rings. The molecule has 0 radical (unpaired) electrons. The molecule has 0 saturated carbocycles. The third-order valence-corrected chi connectivity index (χ3v) is 4.24. The second kappa shape index (κ2) is 8.76. The van der Waals surface area contributed by atoms with Gasteiger partial charge in [0.2, 0.25) is 5.91 Å². The molecule has 0 aliphatic carbocycles. The maximum atomic E-state index is 13.1. The topological polar surface area (TPSA) is 75.4 Å². The molecule has 0 spiro atoms. The van der Waals surface area contributed by atoms with Gasteiger partial charge in [0, 0.05) is 17.7 Å². The lowest BCUT2D eigenvalue weighted by atomic mass is 10.0. The summed E-state index contributed by atoms with van der Waals surface area (Å²) in [6, 6.07) is 1.27. The lowest BCUT2D eigenvalue weighted by Crippen LogP contribution is -2.43. The molecule has 1 atom stereocenters. The monoisotopic (exact) mass is 437 g/mol. The zero-order valence-corrected chi connectivity index (χ0v) is 15.8. The summed E-state index contributed by atoms with van der Waals surface area (Å²) in [5, 5.41) is 5.76. The smallest absolute Gasteiger partial charge is 0.363 e. The van der Waals surface area contributed by atoms with Gasteiger partial charge < -0.3 is 14.7 Å². The number of carbonyl (C=O) groups excluding carboxylic acids is 2. The molecule has 0 fully saturated rings. The van der Waals surface area contributed by atoms with Crippen LogP contribution in [0.15, 0.2) is 35.1 Å². The predicted molar refractivity (Wildman–Crippen MR) is 92.4 cm³/mol. The van der Waals surface area contributed by atoms with Gasteiger partial charge >= 0.3 is 12.4 Å². The van der Waals surface area contributed by atoms with Crippen molar-refractivity contribution in [2.75, 3.05) is 11.9 Å². The highest BCUT2D eigenvalue weighted by Crippen LogP contribution is 2.36. The van der Waals surface area contributed by atoms with Gasteiger partial charge in [0.25, 0.3) is 5.91 Å². The maximum Gasteiger partial charge on any atom is 0.416 e. The summed E-state index contributed by atoms with van der Waals surface area (Å²) in [4.78, 5) is 25.9. The van der Waals surface area contributed by atoms with Gasteiger partial charge in [0.15, 0.2) is 5.82 Å². The number of nitrogens with one attached hydrogen (secondary N) is 1. The summed E-state index contributed by atoms with van der Waals surface area (Å²) in [6.45, 7) is 2.55. The second-order valence-corrected chi connectivity index (χ2v) is 6.42. The van der Waals surface area contributed by atoms with Gasteiger partial charge in [0.1, 0.15) is 12.8 Å². The average molecular weight is 437 g/mol. The van der Waals surface area contributed by atoms with Gasteiger partial charge in [-0.25, -0.2) is 0 Å². The molecule has 1 N–H and O–H groups in total. The summed E-state index contributed by atoms with van der Waals surface area (Å²) >= 11 is 0. The van der Waals surface area contributed by atoms with Crippen molar-refractivity contribution in [1.82, 2.24) is 10.1 Å². The highest BCUT2D eigenvalue weighted by molar-refractivity contribution is 5.99. The van der Waals surface area contributed by atoms with Crippen molar-refractivity contribution in [2.45, 2.75) is 38.7 Å². The van der Waals surface area contributed by atoms with E-state index in [1.807, 2.05) is 0 Å². The zero-order chi connectivity index (χ0) is 22.7. The Morgan fingerprint density at radius 2 is 1.67 bits per heavy atom. The Labute approximate surface area is 166 Å². The second-order valence-electron chi connectivity index (χ2n) is 6.42. The van der Waals surface area contributed by atoms with E-state index in [1.165, 1.54) is 19.3 Å². The van der Waals surface area contributed by atoms with Crippen LogP contribution in [-0.4, -0.2) is 34.5 Å². The van der Waals surface area contributed by atoms with Crippen molar-refractivity contribution in [3.8, 4) is 0 Å². The number of alkyl halides is 6. The van der Waals surface area contributed by atoms with Crippen molar-refractivity contribution >= 4 is 17.6 Å². The van der Waals surface area contributed by atoms with E-state index in [9.17, 15) is 35.9 Å². The van der Waals surface area contributed by atoms with Crippen LogP contribution in [0.4, 0.5) is 32.2 Å². The molecule has 6 nitrogen and oxygen atoms in total. The van der Waals surface area contributed by atoms with E-state index in [-0.39, 0.29) is 11.9 Å². The molecule has 164 valence electrons. The lowest BCUT2D eigenvalue weighted by Gasteiger charge is -2.28. The number of rotatable bonds is 6. The van der Waals surface area contributed by atoms with Gasteiger partial charge in [0.05, 0.1) is 11.1 Å². The van der Waals surface area contributed by atoms with Crippen LogP contribution in [-0.2, 0) is 17.1 Å². The van der Waals surface area contributed by atoms with Crippen LogP contribution in [0.25, 0.3) is 0 Å². The number of aromatic nitrogens is 1. The molecule has 1 heterocycles. The molecular formula is C18H17F6N3O3. The van der Waals surface area contributed by atoms with Crippen LogP contribution in [0.2, 0.25) is 0 Å². The van der Waals surface area contributed by atoms with E-state index in [1.54, 1.807) is 6.92 Å². The molecule has 12 heteroatoms. The molecule has 1 aromatic carbocycles. The molecule has 2 rings (SSSR count). The highest BCUT2D eigenvalue weighted by atomic mass is 19.4. The minimum absolute atomic E-state index is 0.0370. The first-order valence-corrected chi connectivity index (χ1v) is 8.63. The quantitative estimate of drug-likeness (QED) is 0.671. The van der Waals surface area contributed by atoms with Crippen LogP contribution in [0.5, 0.6) is 0 Å². The number of anilines is 1. The largest absolute Gasteiger partial charge is 0.416 e. The molecule has 1 aromatic heterocycles. The fourth-order valence-electron chi connectivity index (χ4n) is 2.51. The third-order valence-electron chi connectivity index (χ3n) is 4.24. The number of nitrogens with zero attached hydrogens (tertiary/aromatic N) is 2. The van der Waals surface area contributed by atoms with Crippen molar-refractivity contribution in [2.24, 2.45) is 0 Å². The number of benzene rings is 1. The lowest BCUT2D eigenvalue weighted by molar-refractivity contribution is -0.143. The summed E-state index contributed by atoms with van der Waals surface area (Å²) in [5.41, 5.74) is -4.06. The summed E-state index contributed by atoms with van der Waals surface area (Å²) in [5.74, 6) is -1.85. The molecule has 30 heavy (non-hydrogen) atoms. The Bertz CT molecular complexity index is 861. The van der Waals surface area contributed by atoms with E-state index in [0.29, 0.717) is 18.6 Å². The highest BCUT2D eigenvalue weighted by Gasteiger charge is 2.38. The van der Waals surface area contributed by atoms with Gasteiger partial charge in [-0.15, -0.1) is 0 Å². The van der Waals surface area contributed by atoms with Crippen molar-refractivity contribution in [3.05, 3.63) is 47.2 Å². The van der Waals surface area contributed by atoms with Gasteiger partial charge in [-0.2, -0.15) is 26.3 Å². The van der Waals surface area contributed by atoms with Crippen LogP contribution < -0.4 is 5.32 Å². The minimum Gasteiger partial charge on any atom is -0.363 e. The van der Waals surface area contributed by atoms with Gasteiger partial charge in [-0.05, 0) is 31.5 Å². The number of hydrogen-bond acceptors (Lipinski definition) is 4. The molecule has 2 amide bonds.